The Morgan fingerprint density at radius 2 is 2.21 bits per heavy atom. The second kappa shape index (κ2) is 5.16. The first kappa shape index (κ1) is 13.8. The second-order valence-electron chi connectivity index (χ2n) is 3.74. The lowest BCUT2D eigenvalue weighted by Gasteiger charge is -2.07. The zero-order valence-electron chi connectivity index (χ0n) is 9.92. The third-order valence-electron chi connectivity index (χ3n) is 2.24. The minimum atomic E-state index is -3.76. The van der Waals surface area contributed by atoms with Gasteiger partial charge >= 0.3 is 0 Å². The van der Waals surface area contributed by atoms with E-state index in [9.17, 15) is 8.42 Å². The molecule has 2 aromatic rings. The number of anilines is 1. The largest absolute Gasteiger partial charge is 0.399 e. The molecule has 1 aromatic heterocycles. The number of rotatable bonds is 4. The van der Waals surface area contributed by atoms with Gasteiger partial charge in [0.25, 0.3) is 0 Å². The van der Waals surface area contributed by atoms with Gasteiger partial charge in [-0.1, -0.05) is 16.8 Å². The molecule has 19 heavy (non-hydrogen) atoms. The molecule has 0 aliphatic heterocycles. The maximum Gasteiger partial charge on any atom is 0.242 e. The van der Waals surface area contributed by atoms with Crippen molar-refractivity contribution in [3.05, 3.63) is 34.9 Å². The van der Waals surface area contributed by atoms with Crippen LogP contribution in [0.15, 0.2) is 27.6 Å². The lowest BCUT2D eigenvalue weighted by atomic mass is 10.3. The maximum atomic E-state index is 12.0. The van der Waals surface area contributed by atoms with Crippen molar-refractivity contribution < 1.29 is 12.9 Å². The van der Waals surface area contributed by atoms with Crippen LogP contribution in [0.1, 0.15) is 11.7 Å². The molecule has 0 bridgehead atoms. The number of aromatic nitrogens is 2. The fraction of sp³-hybridized carbons (Fsp3) is 0.200. The molecule has 0 radical (unpaired) electrons. The summed E-state index contributed by atoms with van der Waals surface area (Å²) in [6.07, 6.45) is 0. The predicted molar refractivity (Wildman–Crippen MR) is 68.9 cm³/mol. The Morgan fingerprint density at radius 3 is 2.79 bits per heavy atom. The van der Waals surface area contributed by atoms with Gasteiger partial charge in [0.05, 0.1) is 11.6 Å². The van der Waals surface area contributed by atoms with Crippen LogP contribution < -0.4 is 10.5 Å². The first-order valence-corrected chi connectivity index (χ1v) is 7.08. The zero-order chi connectivity index (χ0) is 14.0. The van der Waals surface area contributed by atoms with E-state index in [2.05, 4.69) is 14.9 Å². The molecule has 3 N–H and O–H groups in total. The van der Waals surface area contributed by atoms with Crippen LogP contribution in [0.3, 0.4) is 0 Å². The van der Waals surface area contributed by atoms with Crippen LogP contribution in [0.25, 0.3) is 0 Å². The molecule has 1 aromatic carbocycles. The summed E-state index contributed by atoms with van der Waals surface area (Å²) in [5.74, 6) is 0.604. The summed E-state index contributed by atoms with van der Waals surface area (Å²) < 4.78 is 31.1. The van der Waals surface area contributed by atoms with Gasteiger partial charge in [0.1, 0.15) is 4.90 Å². The molecule has 1 heterocycles. The van der Waals surface area contributed by atoms with E-state index >= 15 is 0 Å². The zero-order valence-corrected chi connectivity index (χ0v) is 11.5. The molecule has 0 spiro atoms. The van der Waals surface area contributed by atoms with Gasteiger partial charge < -0.3 is 10.3 Å². The Bertz CT molecular complexity index is 699. The van der Waals surface area contributed by atoms with Gasteiger partial charge in [-0.15, -0.1) is 0 Å². The fourth-order valence-electron chi connectivity index (χ4n) is 1.39. The quantitative estimate of drug-likeness (QED) is 0.818. The van der Waals surface area contributed by atoms with Crippen molar-refractivity contribution in [2.75, 3.05) is 5.73 Å². The number of nitrogen functional groups attached to an aromatic ring is 1. The summed E-state index contributed by atoms with van der Waals surface area (Å²) in [7, 11) is -3.76. The first-order chi connectivity index (χ1) is 8.88. The van der Waals surface area contributed by atoms with Crippen molar-refractivity contribution in [3.63, 3.8) is 0 Å². The van der Waals surface area contributed by atoms with Crippen molar-refractivity contribution >= 4 is 27.3 Å². The third kappa shape index (κ3) is 3.22. The molecule has 0 unspecified atom stereocenters. The van der Waals surface area contributed by atoms with Gasteiger partial charge in [-0.3, -0.25) is 0 Å². The summed E-state index contributed by atoms with van der Waals surface area (Å²) in [6.45, 7) is 1.53. The van der Waals surface area contributed by atoms with Crippen LogP contribution in [0.2, 0.25) is 5.02 Å². The Hall–Kier alpha value is -1.64. The predicted octanol–water partition coefficient (Wildman–Crippen LogP) is 1.09. The number of nitrogens with one attached hydrogen (secondary N) is 1. The summed E-state index contributed by atoms with van der Waals surface area (Å²) >= 11 is 5.85. The normalized spacial score (nSPS) is 11.7. The van der Waals surface area contributed by atoms with Crippen LogP contribution in [0, 0.1) is 6.92 Å². The van der Waals surface area contributed by atoms with E-state index in [1.54, 1.807) is 6.92 Å². The molecule has 102 valence electrons. The molecular formula is C10H11ClN4O3S. The van der Waals surface area contributed by atoms with Gasteiger partial charge in [0.15, 0.2) is 5.82 Å². The monoisotopic (exact) mass is 302 g/mol. The second-order valence-corrected chi connectivity index (χ2v) is 5.89. The number of sulfonamides is 1. The molecule has 0 atom stereocenters. The van der Waals surface area contributed by atoms with Crippen molar-refractivity contribution in [3.8, 4) is 0 Å². The lowest BCUT2D eigenvalue weighted by molar-refractivity contribution is 0.387. The molecule has 0 saturated carbocycles. The molecular weight excluding hydrogens is 292 g/mol. The first-order valence-electron chi connectivity index (χ1n) is 5.22. The number of hydrogen-bond donors (Lipinski definition) is 2. The van der Waals surface area contributed by atoms with Crippen molar-refractivity contribution in [2.24, 2.45) is 0 Å². The summed E-state index contributed by atoms with van der Waals surface area (Å²) in [4.78, 5) is 3.83. The fourth-order valence-corrected chi connectivity index (χ4v) is 2.92. The number of benzene rings is 1. The average molecular weight is 303 g/mol. The van der Waals surface area contributed by atoms with E-state index < -0.39 is 10.0 Å². The Morgan fingerprint density at radius 1 is 1.47 bits per heavy atom. The molecule has 7 nitrogen and oxygen atoms in total. The standard InChI is InChI=1S/C10H11ClN4O3S/c1-6-14-10(15-18-6)5-13-19(16,17)9-3-2-7(12)4-8(9)11/h2-4,13H,5,12H2,1H3. The maximum absolute atomic E-state index is 12.0. The Kier molecular flexibility index (Phi) is 3.74. The van der Waals surface area contributed by atoms with E-state index in [1.807, 2.05) is 0 Å². The molecule has 9 heteroatoms. The van der Waals surface area contributed by atoms with Crippen LogP contribution in [-0.4, -0.2) is 18.6 Å². The molecule has 0 amide bonds. The molecule has 0 fully saturated rings. The number of halogens is 1. The highest BCUT2D eigenvalue weighted by atomic mass is 35.5. The minimum absolute atomic E-state index is 0.0522. The van der Waals surface area contributed by atoms with E-state index in [4.69, 9.17) is 21.9 Å². The highest BCUT2D eigenvalue weighted by Crippen LogP contribution is 2.23. The highest BCUT2D eigenvalue weighted by Gasteiger charge is 2.18. The summed E-state index contributed by atoms with van der Waals surface area (Å²) in [5.41, 5.74) is 5.89. The summed E-state index contributed by atoms with van der Waals surface area (Å²) in [6, 6.07) is 4.16. The van der Waals surface area contributed by atoms with Crippen LogP contribution in [0.5, 0.6) is 0 Å². The average Bonchev–Trinajstić information content (AvgIpc) is 2.72. The van der Waals surface area contributed by atoms with E-state index in [0.29, 0.717) is 11.6 Å². The number of nitrogens with two attached hydrogens (primary N) is 1. The van der Waals surface area contributed by atoms with E-state index in [1.165, 1.54) is 18.2 Å². The van der Waals surface area contributed by atoms with Crippen molar-refractivity contribution in [2.45, 2.75) is 18.4 Å². The third-order valence-corrected chi connectivity index (χ3v) is 4.12. The number of nitrogens with zero attached hydrogens (tertiary/aromatic N) is 2. The smallest absolute Gasteiger partial charge is 0.242 e. The van der Waals surface area contributed by atoms with E-state index in [0.717, 1.165) is 0 Å². The molecule has 0 aliphatic rings. The number of aryl methyl sites for hydroxylation is 1. The van der Waals surface area contributed by atoms with Gasteiger partial charge in [-0.2, -0.15) is 4.98 Å². The molecule has 0 saturated heterocycles. The lowest BCUT2D eigenvalue weighted by Crippen LogP contribution is -2.24. The van der Waals surface area contributed by atoms with Crippen LogP contribution >= 0.6 is 11.6 Å². The van der Waals surface area contributed by atoms with Crippen molar-refractivity contribution in [1.29, 1.82) is 0 Å². The van der Waals surface area contributed by atoms with Gasteiger partial charge in [-0.05, 0) is 18.2 Å². The molecule has 0 aliphatic carbocycles. The van der Waals surface area contributed by atoms with Crippen molar-refractivity contribution in [1.82, 2.24) is 14.9 Å². The Labute approximate surface area is 114 Å². The minimum Gasteiger partial charge on any atom is -0.399 e. The van der Waals surface area contributed by atoms with Gasteiger partial charge in [-0.25, -0.2) is 13.1 Å². The topological polar surface area (TPSA) is 111 Å². The highest BCUT2D eigenvalue weighted by molar-refractivity contribution is 7.89. The van der Waals surface area contributed by atoms with E-state index in [-0.39, 0.29) is 22.3 Å². The Balaban J connectivity index is 2.18. The van der Waals surface area contributed by atoms with Gasteiger partial charge in [0, 0.05) is 12.6 Å². The number of hydrogen-bond acceptors (Lipinski definition) is 6. The van der Waals surface area contributed by atoms with Gasteiger partial charge in [0.2, 0.25) is 15.9 Å². The van der Waals surface area contributed by atoms with Crippen LogP contribution in [-0.2, 0) is 16.6 Å². The SMILES string of the molecule is Cc1nc(CNS(=O)(=O)c2ccc(N)cc2Cl)no1. The van der Waals surface area contributed by atoms with Crippen LogP contribution in [0.4, 0.5) is 5.69 Å². The summed E-state index contributed by atoms with van der Waals surface area (Å²) in [5, 5.41) is 3.64. The molecule has 2 rings (SSSR count).